The molecule has 1 saturated carbocycles. The van der Waals surface area contributed by atoms with Crippen molar-refractivity contribution in [3.63, 3.8) is 0 Å². The third-order valence-electron chi connectivity index (χ3n) is 5.87. The maximum absolute atomic E-state index is 13.1. The number of halogens is 1. The van der Waals surface area contributed by atoms with Crippen molar-refractivity contribution in [3.05, 3.63) is 83.1 Å². The molecule has 29 heavy (non-hydrogen) atoms. The summed E-state index contributed by atoms with van der Waals surface area (Å²) in [6.45, 7) is 4.49. The number of H-pyrrole nitrogens is 1. The first kappa shape index (κ1) is 18.1. The van der Waals surface area contributed by atoms with Gasteiger partial charge in [0.15, 0.2) is 0 Å². The topological polar surface area (TPSA) is 54.9 Å². The quantitative estimate of drug-likeness (QED) is 0.333. The lowest BCUT2D eigenvalue weighted by Crippen LogP contribution is -2.14. The van der Waals surface area contributed by atoms with E-state index in [-0.39, 0.29) is 18.0 Å². The summed E-state index contributed by atoms with van der Waals surface area (Å²) < 4.78 is 3.05. The number of ketones is 2. The Morgan fingerprint density at radius 2 is 1.76 bits per heavy atom. The van der Waals surface area contributed by atoms with Gasteiger partial charge in [-0.25, -0.2) is 0 Å². The largest absolute Gasteiger partial charge is 0.361 e. The number of hydrogen-bond acceptors (Lipinski definition) is 2. The molecule has 1 aliphatic rings. The van der Waals surface area contributed by atoms with Crippen molar-refractivity contribution in [2.45, 2.75) is 24.8 Å². The molecule has 144 valence electrons. The Bertz CT molecular complexity index is 1300. The van der Waals surface area contributed by atoms with E-state index in [2.05, 4.69) is 32.1 Å². The number of allylic oxidation sites excluding steroid dienone is 1. The molecule has 0 spiro atoms. The average molecular weight is 447 g/mol. The summed E-state index contributed by atoms with van der Waals surface area (Å²) in [6, 6.07) is 13.9. The third kappa shape index (κ3) is 2.72. The summed E-state index contributed by atoms with van der Waals surface area (Å²) >= 11 is 3.64. The van der Waals surface area contributed by atoms with Crippen molar-refractivity contribution in [2.24, 2.45) is 0 Å². The zero-order chi connectivity index (χ0) is 20.1. The highest BCUT2D eigenvalue weighted by atomic mass is 79.9. The monoisotopic (exact) mass is 446 g/mol. The lowest BCUT2D eigenvalue weighted by atomic mass is 9.83. The van der Waals surface area contributed by atoms with Gasteiger partial charge in [-0.1, -0.05) is 36.4 Å². The molecule has 2 aromatic carbocycles. The van der Waals surface area contributed by atoms with Crippen LogP contribution in [0.1, 0.15) is 29.4 Å². The Balaban J connectivity index is 1.74. The van der Waals surface area contributed by atoms with Crippen molar-refractivity contribution in [1.29, 1.82) is 0 Å². The van der Waals surface area contributed by atoms with E-state index in [1.165, 1.54) is 0 Å². The molecule has 0 saturated heterocycles. The summed E-state index contributed by atoms with van der Waals surface area (Å²) in [6.07, 6.45) is 5.72. The molecular weight excluding hydrogens is 428 g/mol. The van der Waals surface area contributed by atoms with Gasteiger partial charge in [-0.2, -0.15) is 0 Å². The SMILES string of the molecule is C=CCn1cc([C@@H]2C(=O)CC(=O)[C@H]2c2c[nH]c3ccccc23)c2cccc(Br)c21. The molecule has 5 heteroatoms. The van der Waals surface area contributed by atoms with Gasteiger partial charge >= 0.3 is 0 Å². The molecule has 0 radical (unpaired) electrons. The lowest BCUT2D eigenvalue weighted by Gasteiger charge is -2.17. The normalized spacial score (nSPS) is 19.5. The molecule has 0 amide bonds. The van der Waals surface area contributed by atoms with Crippen LogP contribution in [0.3, 0.4) is 0 Å². The van der Waals surface area contributed by atoms with Gasteiger partial charge in [0.05, 0.1) is 23.8 Å². The van der Waals surface area contributed by atoms with Gasteiger partial charge in [0, 0.05) is 39.7 Å². The number of rotatable bonds is 4. The number of carbonyl (C=O) groups is 2. The number of benzene rings is 2. The Hall–Kier alpha value is -2.92. The number of hydrogen-bond donors (Lipinski definition) is 1. The van der Waals surface area contributed by atoms with E-state index in [9.17, 15) is 9.59 Å². The van der Waals surface area contributed by atoms with Crippen LogP contribution in [-0.4, -0.2) is 21.1 Å². The molecule has 0 bridgehead atoms. The molecule has 0 aliphatic heterocycles. The zero-order valence-electron chi connectivity index (χ0n) is 15.7. The molecule has 2 aromatic heterocycles. The van der Waals surface area contributed by atoms with Crippen LogP contribution in [0.5, 0.6) is 0 Å². The summed E-state index contributed by atoms with van der Waals surface area (Å²) in [5, 5.41) is 2.00. The van der Waals surface area contributed by atoms with Crippen molar-refractivity contribution >= 4 is 49.3 Å². The molecule has 2 heterocycles. The Labute approximate surface area is 176 Å². The van der Waals surface area contributed by atoms with Crippen molar-refractivity contribution in [2.75, 3.05) is 0 Å². The van der Waals surface area contributed by atoms with Gasteiger partial charge in [-0.05, 0) is 39.2 Å². The van der Waals surface area contributed by atoms with Crippen LogP contribution in [-0.2, 0) is 16.1 Å². The molecule has 4 aromatic rings. The van der Waals surface area contributed by atoms with E-state index in [0.29, 0.717) is 6.54 Å². The fourth-order valence-corrected chi connectivity index (χ4v) is 5.29. The minimum absolute atomic E-state index is 0.00984. The number of fused-ring (bicyclic) bond motifs is 2. The smallest absolute Gasteiger partial charge is 0.148 e. The van der Waals surface area contributed by atoms with Gasteiger partial charge in [-0.3, -0.25) is 9.59 Å². The van der Waals surface area contributed by atoms with Gasteiger partial charge in [0.1, 0.15) is 11.6 Å². The second kappa shape index (κ2) is 6.85. The maximum atomic E-state index is 13.1. The van der Waals surface area contributed by atoms with E-state index in [1.54, 1.807) is 0 Å². The van der Waals surface area contributed by atoms with Crippen molar-refractivity contribution < 1.29 is 9.59 Å². The second-order valence-corrected chi connectivity index (χ2v) is 8.37. The number of nitrogens with one attached hydrogen (secondary N) is 1. The first-order valence-corrected chi connectivity index (χ1v) is 10.4. The minimum atomic E-state index is -0.482. The van der Waals surface area contributed by atoms with Crippen LogP contribution in [0, 0.1) is 0 Å². The fraction of sp³-hybridized carbons (Fsp3) is 0.167. The van der Waals surface area contributed by atoms with Crippen molar-refractivity contribution in [1.82, 2.24) is 9.55 Å². The van der Waals surface area contributed by atoms with Crippen LogP contribution in [0.4, 0.5) is 0 Å². The number of carbonyl (C=O) groups excluding carboxylic acids is 2. The fourth-order valence-electron chi connectivity index (χ4n) is 4.69. The van der Waals surface area contributed by atoms with Gasteiger partial charge < -0.3 is 9.55 Å². The minimum Gasteiger partial charge on any atom is -0.361 e. The van der Waals surface area contributed by atoms with Crippen LogP contribution in [0.2, 0.25) is 0 Å². The zero-order valence-corrected chi connectivity index (χ0v) is 17.3. The predicted molar refractivity (Wildman–Crippen MR) is 118 cm³/mol. The highest BCUT2D eigenvalue weighted by Gasteiger charge is 2.45. The summed E-state index contributed by atoms with van der Waals surface area (Å²) in [4.78, 5) is 29.3. The molecule has 1 N–H and O–H groups in total. The Kier molecular flexibility index (Phi) is 4.28. The first-order chi connectivity index (χ1) is 14.1. The summed E-state index contributed by atoms with van der Waals surface area (Å²) in [7, 11) is 0. The number of para-hydroxylation sites is 2. The Morgan fingerprint density at radius 1 is 1.03 bits per heavy atom. The van der Waals surface area contributed by atoms with E-state index >= 15 is 0 Å². The lowest BCUT2D eigenvalue weighted by molar-refractivity contribution is -0.122. The van der Waals surface area contributed by atoms with Crippen LogP contribution >= 0.6 is 15.9 Å². The second-order valence-electron chi connectivity index (χ2n) is 7.52. The molecule has 1 aliphatic carbocycles. The van der Waals surface area contributed by atoms with E-state index in [0.717, 1.165) is 37.4 Å². The van der Waals surface area contributed by atoms with Gasteiger partial charge in [0.2, 0.25) is 0 Å². The molecular formula is C24H19BrN2O2. The predicted octanol–water partition coefficient (Wildman–Crippen LogP) is 5.48. The Morgan fingerprint density at radius 3 is 2.55 bits per heavy atom. The average Bonchev–Trinajstić information content (AvgIpc) is 3.36. The van der Waals surface area contributed by atoms with Gasteiger partial charge in [0.25, 0.3) is 0 Å². The van der Waals surface area contributed by atoms with Crippen molar-refractivity contribution in [3.8, 4) is 0 Å². The first-order valence-electron chi connectivity index (χ1n) is 9.59. The molecule has 1 fully saturated rings. The molecule has 5 rings (SSSR count). The number of aromatic nitrogens is 2. The summed E-state index contributed by atoms with van der Waals surface area (Å²) in [5.74, 6) is -0.975. The highest BCUT2D eigenvalue weighted by Crippen LogP contribution is 2.46. The van der Waals surface area contributed by atoms with Crippen LogP contribution in [0.25, 0.3) is 21.8 Å². The molecule has 0 unspecified atom stereocenters. The number of nitrogens with zero attached hydrogens (tertiary/aromatic N) is 1. The summed E-state index contributed by atoms with van der Waals surface area (Å²) in [5.41, 5.74) is 3.81. The van der Waals surface area contributed by atoms with Gasteiger partial charge in [-0.15, -0.1) is 6.58 Å². The molecule has 2 atom stereocenters. The maximum Gasteiger partial charge on any atom is 0.148 e. The highest BCUT2D eigenvalue weighted by molar-refractivity contribution is 9.10. The van der Waals surface area contributed by atoms with Crippen LogP contribution in [0.15, 0.2) is 72.0 Å². The number of aromatic amines is 1. The molecule has 4 nitrogen and oxygen atoms in total. The third-order valence-corrected chi connectivity index (χ3v) is 6.51. The van der Waals surface area contributed by atoms with Crippen LogP contribution < -0.4 is 0 Å². The van der Waals surface area contributed by atoms with E-state index in [1.807, 2.05) is 60.9 Å². The standard InChI is InChI=1S/C24H19BrN2O2/c1-2-10-27-13-17(15-7-5-8-18(25)24(15)27)23-21(29)11-20(28)22(23)16-12-26-19-9-4-3-6-14(16)19/h2-9,12-13,22-23,26H,1,10-11H2/t22-,23-/m1/s1. The number of Topliss-reactive ketones (excluding diaryl/α,β-unsaturated/α-hetero) is 2. The van der Waals surface area contributed by atoms with E-state index < -0.39 is 11.8 Å². The van der Waals surface area contributed by atoms with E-state index in [4.69, 9.17) is 0 Å².